The summed E-state index contributed by atoms with van der Waals surface area (Å²) in [6, 6.07) is 11.0. The zero-order chi connectivity index (χ0) is 22.8. The number of carbonyl (C=O) groups is 1. The summed E-state index contributed by atoms with van der Waals surface area (Å²) in [6.07, 6.45) is 0. The first-order chi connectivity index (χ1) is 15.4. The molecule has 0 aliphatic carbocycles. The fraction of sp³-hybridized carbons (Fsp3) is 0.136. The maximum atomic E-state index is 14.7. The number of benzene rings is 3. The van der Waals surface area contributed by atoms with Crippen LogP contribution in [0, 0.1) is 11.6 Å². The van der Waals surface area contributed by atoms with E-state index >= 15 is 0 Å². The smallest absolute Gasteiger partial charge is 0.338 e. The summed E-state index contributed by atoms with van der Waals surface area (Å²) in [5.41, 5.74) is 0.181. The number of hydrogen-bond acceptors (Lipinski definition) is 5. The van der Waals surface area contributed by atoms with Crippen molar-refractivity contribution in [2.75, 3.05) is 25.0 Å². The van der Waals surface area contributed by atoms with E-state index in [1.165, 1.54) is 25.3 Å². The van der Waals surface area contributed by atoms with Crippen LogP contribution in [0.1, 0.15) is 10.4 Å². The molecule has 32 heavy (non-hydrogen) atoms. The molecule has 0 amide bonds. The lowest BCUT2D eigenvalue weighted by molar-refractivity contribution is 0.0450. The van der Waals surface area contributed by atoms with Gasteiger partial charge in [0.15, 0.2) is 16.7 Å². The Morgan fingerprint density at radius 1 is 1.03 bits per heavy atom. The van der Waals surface area contributed by atoms with Crippen molar-refractivity contribution in [1.29, 1.82) is 0 Å². The van der Waals surface area contributed by atoms with Crippen LogP contribution in [0.5, 0.6) is 11.5 Å². The van der Waals surface area contributed by atoms with Gasteiger partial charge in [-0.25, -0.2) is 17.8 Å². The first-order valence-electron chi connectivity index (χ1n) is 9.33. The van der Waals surface area contributed by atoms with Gasteiger partial charge in [0.05, 0.1) is 23.4 Å². The van der Waals surface area contributed by atoms with Gasteiger partial charge in [0.2, 0.25) is 0 Å². The number of methoxy groups -OCH3 is 1. The number of rotatable bonds is 1. The van der Waals surface area contributed by atoms with Crippen LogP contribution in [0.4, 0.5) is 14.5 Å². The van der Waals surface area contributed by atoms with Crippen molar-refractivity contribution in [1.82, 2.24) is 0 Å². The number of hydrogen-bond donors (Lipinski definition) is 1. The normalized spacial score (nSPS) is 15.9. The van der Waals surface area contributed by atoms with E-state index in [2.05, 4.69) is 4.72 Å². The van der Waals surface area contributed by atoms with Crippen molar-refractivity contribution in [3.8, 4) is 22.6 Å². The van der Waals surface area contributed by atoms with Gasteiger partial charge in [-0.1, -0.05) is 29.8 Å². The van der Waals surface area contributed by atoms with E-state index in [0.29, 0.717) is 17.4 Å². The highest BCUT2D eigenvalue weighted by Gasteiger charge is 2.22. The molecule has 6 nitrogen and oxygen atoms in total. The highest BCUT2D eigenvalue weighted by Crippen LogP contribution is 2.37. The molecule has 166 valence electrons. The van der Waals surface area contributed by atoms with Crippen LogP contribution in [-0.2, 0) is 15.7 Å². The molecule has 10 heteroatoms. The van der Waals surface area contributed by atoms with Gasteiger partial charge in [-0.15, -0.1) is 0 Å². The highest BCUT2D eigenvalue weighted by molar-refractivity contribution is 7.86. The molecular weight excluding hydrogens is 464 g/mol. The highest BCUT2D eigenvalue weighted by atomic mass is 35.5. The van der Waals surface area contributed by atoms with Crippen LogP contribution < -0.4 is 14.2 Å². The molecule has 0 fully saturated rings. The topological polar surface area (TPSA) is 73.9 Å². The van der Waals surface area contributed by atoms with Crippen LogP contribution in [0.15, 0.2) is 53.4 Å². The third kappa shape index (κ3) is 4.26. The molecule has 0 saturated carbocycles. The summed E-state index contributed by atoms with van der Waals surface area (Å²) >= 11 is 6.19. The minimum atomic E-state index is -2.12. The van der Waals surface area contributed by atoms with Crippen molar-refractivity contribution >= 4 is 34.2 Å². The standard InChI is InChI=1S/C22H16ClF2NO5S/c1-29-21-15(23)8-12-9-20(21)32(28)26-18-10-14(16(24)11-17(18)25)13-4-2-3-5-19(13)30-6-7-31-22(12)27/h2-5,8-11,26H,6-7H2,1H3. The molecule has 1 heterocycles. The van der Waals surface area contributed by atoms with Crippen molar-refractivity contribution in [3.05, 3.63) is 70.8 Å². The predicted molar refractivity (Wildman–Crippen MR) is 116 cm³/mol. The first kappa shape index (κ1) is 22.0. The van der Waals surface area contributed by atoms with Gasteiger partial charge in [0.1, 0.15) is 35.5 Å². The molecule has 4 bridgehead atoms. The largest absolute Gasteiger partial charge is 0.494 e. The molecule has 1 N–H and O–H groups in total. The lowest BCUT2D eigenvalue weighted by Gasteiger charge is -2.15. The third-order valence-electron chi connectivity index (χ3n) is 4.66. The number of nitrogens with one attached hydrogen (secondary N) is 1. The number of para-hydroxylation sites is 1. The zero-order valence-corrected chi connectivity index (χ0v) is 18.2. The van der Waals surface area contributed by atoms with E-state index in [4.69, 9.17) is 25.8 Å². The first-order valence-corrected chi connectivity index (χ1v) is 10.9. The Kier molecular flexibility index (Phi) is 6.29. The van der Waals surface area contributed by atoms with Crippen LogP contribution in [-0.4, -0.2) is 30.5 Å². The minimum absolute atomic E-state index is 0.0104. The molecule has 1 unspecified atom stereocenters. The fourth-order valence-corrected chi connectivity index (χ4v) is 4.61. The molecular formula is C22H16ClF2NO5S. The van der Waals surface area contributed by atoms with Gasteiger partial charge in [-0.3, -0.25) is 4.72 Å². The fourth-order valence-electron chi connectivity index (χ4n) is 3.19. The molecule has 3 aromatic carbocycles. The molecule has 1 aliphatic rings. The lowest BCUT2D eigenvalue weighted by Crippen LogP contribution is -2.14. The molecule has 1 atom stereocenters. The Hall–Kier alpha value is -3.17. The predicted octanol–water partition coefficient (Wildman–Crippen LogP) is 4.98. The number of esters is 1. The molecule has 1 aliphatic heterocycles. The van der Waals surface area contributed by atoms with Crippen LogP contribution in [0.3, 0.4) is 0 Å². The van der Waals surface area contributed by atoms with Crippen LogP contribution in [0.25, 0.3) is 11.1 Å². The Morgan fingerprint density at radius 3 is 2.56 bits per heavy atom. The Balaban J connectivity index is 1.88. The monoisotopic (exact) mass is 479 g/mol. The number of halogens is 3. The van der Waals surface area contributed by atoms with Gasteiger partial charge in [-0.2, -0.15) is 0 Å². The van der Waals surface area contributed by atoms with E-state index in [0.717, 1.165) is 0 Å². The van der Waals surface area contributed by atoms with Crippen LogP contribution in [0.2, 0.25) is 5.02 Å². The van der Waals surface area contributed by atoms with Crippen molar-refractivity contribution in [2.45, 2.75) is 4.90 Å². The molecule has 0 saturated heterocycles. The Labute approximate surface area is 189 Å². The number of cyclic esters (lactones) is 1. The Morgan fingerprint density at radius 2 is 1.78 bits per heavy atom. The minimum Gasteiger partial charge on any atom is -0.494 e. The second-order valence-corrected chi connectivity index (χ2v) is 8.24. The summed E-state index contributed by atoms with van der Waals surface area (Å²) in [5, 5.41) is 0.0142. The number of carbonyl (C=O) groups excluding carboxylic acids is 1. The van der Waals surface area contributed by atoms with Gasteiger partial charge >= 0.3 is 5.97 Å². The van der Waals surface area contributed by atoms with E-state index in [1.807, 2.05) is 0 Å². The lowest BCUT2D eigenvalue weighted by atomic mass is 10.0. The Bertz CT molecular complexity index is 1240. The summed E-state index contributed by atoms with van der Waals surface area (Å²) in [7, 11) is -0.806. The maximum absolute atomic E-state index is 14.7. The average Bonchev–Trinajstić information content (AvgIpc) is 2.77. The van der Waals surface area contributed by atoms with Gasteiger partial charge in [-0.05, 0) is 24.3 Å². The molecule has 0 spiro atoms. The van der Waals surface area contributed by atoms with Gasteiger partial charge in [0, 0.05) is 17.2 Å². The number of ether oxygens (including phenoxy) is 3. The van der Waals surface area contributed by atoms with E-state index in [9.17, 15) is 17.8 Å². The summed E-state index contributed by atoms with van der Waals surface area (Å²) in [5.74, 6) is -2.16. The second kappa shape index (κ2) is 9.13. The van der Waals surface area contributed by atoms with Crippen LogP contribution >= 0.6 is 11.6 Å². The molecule has 0 radical (unpaired) electrons. The number of fused-ring (bicyclic) bond motifs is 6. The summed E-state index contributed by atoms with van der Waals surface area (Å²) in [4.78, 5) is 12.5. The van der Waals surface area contributed by atoms with Crippen molar-refractivity contribution in [3.63, 3.8) is 0 Å². The van der Waals surface area contributed by atoms with E-state index in [-0.39, 0.29) is 45.7 Å². The molecule has 0 aromatic heterocycles. The quantitative estimate of drug-likeness (QED) is 0.498. The van der Waals surface area contributed by atoms with Crippen molar-refractivity contribution < 1.29 is 32.0 Å². The zero-order valence-electron chi connectivity index (χ0n) is 16.6. The number of anilines is 1. The van der Waals surface area contributed by atoms with Gasteiger partial charge < -0.3 is 14.2 Å². The maximum Gasteiger partial charge on any atom is 0.338 e. The molecule has 3 aromatic rings. The SMILES string of the molecule is COc1c(Cl)cc2cc1S(=O)Nc1cc(c(F)cc1F)-c1ccccc1OCCOC2=O. The van der Waals surface area contributed by atoms with E-state index in [1.54, 1.807) is 24.3 Å². The third-order valence-corrected chi connectivity index (χ3v) is 6.05. The second-order valence-electron chi connectivity index (χ2n) is 6.65. The summed E-state index contributed by atoms with van der Waals surface area (Å²) < 4.78 is 60.9. The molecule has 4 rings (SSSR count). The van der Waals surface area contributed by atoms with Gasteiger partial charge in [0.25, 0.3) is 0 Å². The summed E-state index contributed by atoms with van der Waals surface area (Å²) in [6.45, 7) is -0.121. The van der Waals surface area contributed by atoms with Crippen molar-refractivity contribution in [2.24, 2.45) is 0 Å². The van der Waals surface area contributed by atoms with E-state index < -0.39 is 28.6 Å². The average molecular weight is 480 g/mol.